The first kappa shape index (κ1) is 16.9. The number of imide groups is 1. The van der Waals surface area contributed by atoms with Gasteiger partial charge in [-0.1, -0.05) is 31.2 Å². The molecule has 3 aromatic rings. The van der Waals surface area contributed by atoms with Crippen LogP contribution in [0.25, 0.3) is 11.2 Å². The van der Waals surface area contributed by atoms with Crippen LogP contribution in [0.4, 0.5) is 5.69 Å². The summed E-state index contributed by atoms with van der Waals surface area (Å²) in [6.07, 6.45) is 7.09. The van der Waals surface area contributed by atoms with Gasteiger partial charge in [0.05, 0.1) is 34.4 Å². The quantitative estimate of drug-likeness (QED) is 0.677. The van der Waals surface area contributed by atoms with Crippen molar-refractivity contribution in [3.63, 3.8) is 0 Å². The second-order valence-corrected chi connectivity index (χ2v) is 7.68. The molecule has 6 rings (SSSR count). The fourth-order valence-electron chi connectivity index (χ4n) is 4.59. The van der Waals surface area contributed by atoms with Gasteiger partial charge >= 0.3 is 0 Å². The van der Waals surface area contributed by atoms with Crippen molar-refractivity contribution in [2.45, 2.75) is 12.8 Å². The van der Waals surface area contributed by atoms with Crippen LogP contribution in [0.5, 0.6) is 0 Å². The van der Waals surface area contributed by atoms with Crippen molar-refractivity contribution in [3.8, 4) is 0 Å². The standard InChI is InChI=1S/C23H17N5O2/c1-13-12-27-10-8-24-20(15-6-4-5-14(13)21(15)27)19-18(22(29)26-23(19)30)16-11-25-17-7-2-3-9-28(16)17/h2-11,13H,12H2,1H3,(H,26,29,30). The van der Waals surface area contributed by atoms with E-state index in [1.807, 2.05) is 47.1 Å². The molecule has 0 saturated carbocycles. The number of aromatic nitrogens is 2. The molecule has 7 heteroatoms. The highest BCUT2D eigenvalue weighted by atomic mass is 16.2. The number of carbonyl (C=O) groups is 2. The normalized spacial score (nSPS) is 20.0. The van der Waals surface area contributed by atoms with E-state index in [2.05, 4.69) is 33.2 Å². The number of hydrogen-bond acceptors (Lipinski definition) is 5. The Hall–Kier alpha value is -4.00. The SMILES string of the molecule is CC1CN2C=CN=C(C3=C(c4cnc5ccccn45)C(=O)NC3=O)c3cccc1c32. The minimum absolute atomic E-state index is 0.283. The van der Waals surface area contributed by atoms with E-state index in [4.69, 9.17) is 0 Å². The van der Waals surface area contributed by atoms with Crippen LogP contribution < -0.4 is 10.2 Å². The largest absolute Gasteiger partial charge is 0.345 e. The zero-order chi connectivity index (χ0) is 20.4. The number of benzene rings is 1. The summed E-state index contributed by atoms with van der Waals surface area (Å²) in [5.41, 5.74) is 5.47. The Balaban J connectivity index is 1.64. The molecule has 5 heterocycles. The van der Waals surface area contributed by atoms with Gasteiger partial charge in [-0.3, -0.25) is 24.3 Å². The zero-order valence-electron chi connectivity index (χ0n) is 16.2. The number of rotatable bonds is 2. The summed E-state index contributed by atoms with van der Waals surface area (Å²) in [6, 6.07) is 11.7. The molecule has 2 amide bonds. The molecule has 1 atom stereocenters. The molecular weight excluding hydrogens is 378 g/mol. The number of fused-ring (bicyclic) bond motifs is 1. The molecule has 0 aliphatic carbocycles. The molecule has 1 aromatic carbocycles. The van der Waals surface area contributed by atoms with Crippen LogP contribution in [-0.4, -0.2) is 33.5 Å². The summed E-state index contributed by atoms with van der Waals surface area (Å²) < 4.78 is 1.81. The van der Waals surface area contributed by atoms with Gasteiger partial charge in [-0.05, 0) is 17.7 Å². The lowest BCUT2D eigenvalue weighted by Gasteiger charge is -2.17. The molecule has 3 aliphatic heterocycles. The molecule has 2 aromatic heterocycles. The number of aliphatic imine (C=N–C) groups is 1. The maximum absolute atomic E-state index is 13.0. The van der Waals surface area contributed by atoms with Crippen molar-refractivity contribution in [1.29, 1.82) is 0 Å². The van der Waals surface area contributed by atoms with Gasteiger partial charge in [-0.15, -0.1) is 0 Å². The van der Waals surface area contributed by atoms with E-state index in [9.17, 15) is 9.59 Å². The first-order valence-corrected chi connectivity index (χ1v) is 9.80. The molecular formula is C23H17N5O2. The third-order valence-electron chi connectivity index (χ3n) is 5.90. The van der Waals surface area contributed by atoms with Crippen molar-refractivity contribution >= 4 is 34.4 Å². The van der Waals surface area contributed by atoms with Crippen LogP contribution in [0.2, 0.25) is 0 Å². The number of imidazole rings is 1. The highest BCUT2D eigenvalue weighted by Gasteiger charge is 2.39. The zero-order valence-corrected chi connectivity index (χ0v) is 16.2. The summed E-state index contributed by atoms with van der Waals surface area (Å²) in [6.45, 7) is 3.04. The van der Waals surface area contributed by atoms with E-state index in [0.717, 1.165) is 17.8 Å². The summed E-state index contributed by atoms with van der Waals surface area (Å²) in [4.78, 5) is 37.0. The van der Waals surface area contributed by atoms with Gasteiger partial charge in [0.2, 0.25) is 0 Å². The molecule has 1 unspecified atom stereocenters. The molecule has 0 radical (unpaired) electrons. The van der Waals surface area contributed by atoms with Crippen LogP contribution in [0, 0.1) is 0 Å². The monoisotopic (exact) mass is 395 g/mol. The second kappa shape index (κ2) is 6.00. The third kappa shape index (κ3) is 2.20. The predicted molar refractivity (Wildman–Crippen MR) is 113 cm³/mol. The lowest BCUT2D eigenvalue weighted by molar-refractivity contribution is -0.123. The maximum Gasteiger partial charge on any atom is 0.261 e. The average Bonchev–Trinajstić information content (AvgIpc) is 3.35. The Labute approximate surface area is 172 Å². The summed E-state index contributed by atoms with van der Waals surface area (Å²) >= 11 is 0. The summed E-state index contributed by atoms with van der Waals surface area (Å²) in [5, 5.41) is 2.46. The molecule has 0 spiro atoms. The van der Waals surface area contributed by atoms with E-state index < -0.39 is 11.8 Å². The van der Waals surface area contributed by atoms with Crippen molar-refractivity contribution in [3.05, 3.63) is 83.6 Å². The highest BCUT2D eigenvalue weighted by molar-refractivity contribution is 6.47. The molecule has 0 saturated heterocycles. The van der Waals surface area contributed by atoms with Crippen LogP contribution in [0.1, 0.15) is 29.7 Å². The van der Waals surface area contributed by atoms with E-state index in [0.29, 0.717) is 28.5 Å². The van der Waals surface area contributed by atoms with E-state index >= 15 is 0 Å². The van der Waals surface area contributed by atoms with Gasteiger partial charge in [0.1, 0.15) is 5.65 Å². The number of amides is 2. The van der Waals surface area contributed by atoms with E-state index in [1.54, 1.807) is 12.4 Å². The van der Waals surface area contributed by atoms with Crippen molar-refractivity contribution < 1.29 is 9.59 Å². The van der Waals surface area contributed by atoms with E-state index in [-0.39, 0.29) is 5.57 Å². The van der Waals surface area contributed by atoms with Gasteiger partial charge in [0.25, 0.3) is 11.8 Å². The smallest absolute Gasteiger partial charge is 0.261 e. The Kier molecular flexibility index (Phi) is 3.38. The van der Waals surface area contributed by atoms with Gasteiger partial charge < -0.3 is 4.90 Å². The summed E-state index contributed by atoms with van der Waals surface area (Å²) in [7, 11) is 0. The number of hydrogen-bond donors (Lipinski definition) is 1. The van der Waals surface area contributed by atoms with Crippen LogP contribution in [-0.2, 0) is 9.59 Å². The Morgan fingerprint density at radius 3 is 2.83 bits per heavy atom. The molecule has 1 N–H and O–H groups in total. The van der Waals surface area contributed by atoms with Gasteiger partial charge in [-0.2, -0.15) is 0 Å². The predicted octanol–water partition coefficient (Wildman–Crippen LogP) is 2.64. The summed E-state index contributed by atoms with van der Waals surface area (Å²) in [5.74, 6) is -0.505. The number of pyridine rings is 1. The van der Waals surface area contributed by atoms with Crippen molar-refractivity contribution in [1.82, 2.24) is 14.7 Å². The fourth-order valence-corrected chi connectivity index (χ4v) is 4.59. The Bertz CT molecular complexity index is 1360. The Morgan fingerprint density at radius 2 is 1.93 bits per heavy atom. The molecule has 0 fully saturated rings. The van der Waals surface area contributed by atoms with E-state index in [1.165, 1.54) is 5.56 Å². The number of para-hydroxylation sites is 1. The lowest BCUT2D eigenvalue weighted by Crippen LogP contribution is -2.25. The molecule has 146 valence electrons. The van der Waals surface area contributed by atoms with Crippen molar-refractivity contribution in [2.75, 3.05) is 11.4 Å². The minimum atomic E-state index is -0.440. The van der Waals surface area contributed by atoms with Gasteiger partial charge in [0, 0.05) is 36.6 Å². The lowest BCUT2D eigenvalue weighted by atomic mass is 9.93. The second-order valence-electron chi connectivity index (χ2n) is 7.68. The molecule has 7 nitrogen and oxygen atoms in total. The number of carbonyl (C=O) groups excluding carboxylic acids is 2. The third-order valence-corrected chi connectivity index (χ3v) is 5.90. The Morgan fingerprint density at radius 1 is 1.07 bits per heavy atom. The fraction of sp³-hybridized carbons (Fsp3) is 0.130. The average molecular weight is 395 g/mol. The molecule has 3 aliphatic rings. The molecule has 0 bridgehead atoms. The first-order chi connectivity index (χ1) is 14.6. The highest BCUT2D eigenvalue weighted by Crippen LogP contribution is 2.42. The topological polar surface area (TPSA) is 79.1 Å². The van der Waals surface area contributed by atoms with Crippen LogP contribution in [0.15, 0.2) is 71.8 Å². The van der Waals surface area contributed by atoms with Crippen LogP contribution in [0.3, 0.4) is 0 Å². The van der Waals surface area contributed by atoms with Gasteiger partial charge in [-0.25, -0.2) is 4.98 Å². The van der Waals surface area contributed by atoms with Crippen molar-refractivity contribution in [2.24, 2.45) is 4.99 Å². The van der Waals surface area contributed by atoms with Gasteiger partial charge in [0.15, 0.2) is 0 Å². The first-order valence-electron chi connectivity index (χ1n) is 9.80. The maximum atomic E-state index is 13.0. The minimum Gasteiger partial charge on any atom is -0.345 e. The van der Waals surface area contributed by atoms with Crippen LogP contribution >= 0.6 is 0 Å². The molecule has 30 heavy (non-hydrogen) atoms. The number of anilines is 1. The number of nitrogens with one attached hydrogen (secondary N) is 1. The number of nitrogens with zero attached hydrogens (tertiary/aromatic N) is 4.